The molecule has 0 radical (unpaired) electrons. The van der Waals surface area contributed by atoms with Gasteiger partial charge >= 0.3 is 18.2 Å². The van der Waals surface area contributed by atoms with E-state index in [-0.39, 0.29) is 42.0 Å². The topological polar surface area (TPSA) is 232 Å². The van der Waals surface area contributed by atoms with Crippen LogP contribution in [0.15, 0.2) is 66.7 Å². The van der Waals surface area contributed by atoms with Crippen molar-refractivity contribution in [1.82, 2.24) is 41.5 Å². The number of alkyl halides is 3. The second-order valence-corrected chi connectivity index (χ2v) is 16.2. The van der Waals surface area contributed by atoms with Crippen molar-refractivity contribution in [3.05, 3.63) is 83.4 Å². The SMILES string of the molecule is Cc1cc(C(=O)NC2C[C@H]3CC[C@H](C2)N3C)ccc1-c1ccc(C[C@H](NC(=O)C2CCC(CNC(=O)O)CC2)C(=O)Nc2ccc(-c3nn[nH]n3)cc2)cc1.O=C(O)C(F)(F)F. The van der Waals surface area contributed by atoms with Crippen LogP contribution in [0.5, 0.6) is 0 Å². The lowest BCUT2D eigenvalue weighted by atomic mass is 9.81. The molecule has 2 aliphatic heterocycles. The number of rotatable bonds is 12. The second-order valence-electron chi connectivity index (χ2n) is 16.2. The fourth-order valence-corrected chi connectivity index (χ4v) is 8.56. The van der Waals surface area contributed by atoms with Crippen molar-refractivity contribution in [1.29, 1.82) is 0 Å². The zero-order valence-electron chi connectivity index (χ0n) is 34.2. The first-order valence-electron chi connectivity index (χ1n) is 20.5. The van der Waals surface area contributed by atoms with Crippen molar-refractivity contribution < 1.29 is 47.4 Å². The summed E-state index contributed by atoms with van der Waals surface area (Å²) in [5.41, 5.74) is 5.82. The molecule has 1 aromatic heterocycles. The van der Waals surface area contributed by atoms with Gasteiger partial charge in [0.05, 0.1) is 0 Å². The molecule has 1 aliphatic carbocycles. The fraction of sp³-hybridized carbons (Fsp3) is 0.442. The highest BCUT2D eigenvalue weighted by molar-refractivity contribution is 5.98. The van der Waals surface area contributed by atoms with Crippen LogP contribution in [0.2, 0.25) is 0 Å². The number of H-pyrrole nitrogens is 1. The van der Waals surface area contributed by atoms with Gasteiger partial charge in [-0.2, -0.15) is 18.4 Å². The van der Waals surface area contributed by atoms with Crippen LogP contribution in [0.25, 0.3) is 22.5 Å². The highest BCUT2D eigenvalue weighted by atomic mass is 19.4. The number of fused-ring (bicyclic) bond motifs is 2. The number of anilines is 1. The largest absolute Gasteiger partial charge is 0.490 e. The van der Waals surface area contributed by atoms with Crippen molar-refractivity contribution in [2.75, 3.05) is 18.9 Å². The molecule has 19 heteroatoms. The fourth-order valence-electron chi connectivity index (χ4n) is 8.56. The minimum atomic E-state index is -5.08. The van der Waals surface area contributed by atoms with E-state index in [4.69, 9.17) is 15.0 Å². The van der Waals surface area contributed by atoms with Crippen LogP contribution >= 0.6 is 0 Å². The third-order valence-corrected chi connectivity index (χ3v) is 12.0. The van der Waals surface area contributed by atoms with E-state index in [1.807, 2.05) is 49.4 Å². The number of carbonyl (C=O) groups excluding carboxylic acids is 3. The van der Waals surface area contributed by atoms with Crippen LogP contribution in [-0.4, -0.2) is 109 Å². The first-order valence-corrected chi connectivity index (χ1v) is 20.5. The normalized spacial score (nSPS) is 21.4. The maximum Gasteiger partial charge on any atom is 0.490 e. The lowest BCUT2D eigenvalue weighted by molar-refractivity contribution is -0.192. The number of carboxylic acid groups (broad SMARTS) is 2. The molecule has 0 spiro atoms. The number of nitrogens with one attached hydrogen (secondary N) is 5. The Morgan fingerprint density at radius 3 is 2.06 bits per heavy atom. The van der Waals surface area contributed by atoms with E-state index in [1.54, 1.807) is 24.3 Å². The molecule has 3 atom stereocenters. The summed E-state index contributed by atoms with van der Waals surface area (Å²) >= 11 is 0. The number of halogens is 3. The number of hydrogen-bond donors (Lipinski definition) is 7. The van der Waals surface area contributed by atoms with E-state index < -0.39 is 24.3 Å². The van der Waals surface area contributed by atoms with Crippen molar-refractivity contribution >= 4 is 35.5 Å². The number of aromatic nitrogens is 4. The molecule has 62 heavy (non-hydrogen) atoms. The minimum absolute atomic E-state index is 0.0310. The Morgan fingerprint density at radius 1 is 0.871 bits per heavy atom. The van der Waals surface area contributed by atoms with Crippen molar-refractivity contribution in [2.45, 2.75) is 95.1 Å². The van der Waals surface area contributed by atoms with Gasteiger partial charge in [-0.1, -0.05) is 30.3 Å². The van der Waals surface area contributed by atoms with E-state index >= 15 is 0 Å². The van der Waals surface area contributed by atoms with Gasteiger partial charge in [0.1, 0.15) is 6.04 Å². The average Bonchev–Trinajstić information content (AvgIpc) is 3.84. The molecule has 16 nitrogen and oxygen atoms in total. The van der Waals surface area contributed by atoms with Crippen molar-refractivity contribution in [2.24, 2.45) is 11.8 Å². The third kappa shape index (κ3) is 11.9. The molecule has 7 N–H and O–H groups in total. The van der Waals surface area contributed by atoms with Gasteiger partial charge in [-0.3, -0.25) is 14.4 Å². The van der Waals surface area contributed by atoms with Gasteiger partial charge < -0.3 is 36.4 Å². The number of nitrogens with zero attached hydrogens (tertiary/aromatic N) is 4. The van der Waals surface area contributed by atoms with Gasteiger partial charge in [0.2, 0.25) is 17.6 Å². The molecule has 3 heterocycles. The Hall–Kier alpha value is -6.37. The molecule has 2 saturated heterocycles. The van der Waals surface area contributed by atoms with E-state index in [2.05, 4.69) is 53.8 Å². The van der Waals surface area contributed by atoms with Gasteiger partial charge in [0.25, 0.3) is 5.91 Å². The van der Waals surface area contributed by atoms with Crippen LogP contribution in [-0.2, 0) is 20.8 Å². The van der Waals surface area contributed by atoms with Gasteiger partial charge in [-0.05, 0) is 135 Å². The Bertz CT molecular complexity index is 2180. The van der Waals surface area contributed by atoms with Gasteiger partial charge in [-0.25, -0.2) is 9.59 Å². The van der Waals surface area contributed by atoms with Crippen molar-refractivity contribution in [3.63, 3.8) is 0 Å². The zero-order valence-corrected chi connectivity index (χ0v) is 34.2. The number of carboxylic acids is 1. The molecular weight excluding hydrogens is 812 g/mol. The summed E-state index contributed by atoms with van der Waals surface area (Å²) in [7, 11) is 2.20. The van der Waals surface area contributed by atoms with Gasteiger partial charge in [0.15, 0.2) is 0 Å². The first kappa shape index (κ1) is 45.2. The Balaban J connectivity index is 0.000000845. The average molecular weight is 862 g/mol. The highest BCUT2D eigenvalue weighted by Gasteiger charge is 2.39. The maximum absolute atomic E-state index is 13.8. The first-order chi connectivity index (χ1) is 29.5. The molecule has 330 valence electrons. The minimum Gasteiger partial charge on any atom is -0.475 e. The summed E-state index contributed by atoms with van der Waals surface area (Å²) < 4.78 is 31.7. The number of amides is 4. The predicted molar refractivity (Wildman–Crippen MR) is 221 cm³/mol. The molecule has 2 bridgehead atoms. The number of hydrogen-bond acceptors (Lipinski definition) is 9. The number of aryl methyl sites for hydroxylation is 1. The summed E-state index contributed by atoms with van der Waals surface area (Å²) in [5.74, 6) is -2.96. The van der Waals surface area contributed by atoms with Crippen LogP contribution in [0, 0.1) is 18.8 Å². The molecule has 4 aromatic rings. The van der Waals surface area contributed by atoms with Crippen LogP contribution in [0.3, 0.4) is 0 Å². The van der Waals surface area contributed by atoms with E-state index in [1.165, 1.54) is 12.8 Å². The molecular formula is C43H50F3N9O7. The number of tetrazole rings is 1. The predicted octanol–water partition coefficient (Wildman–Crippen LogP) is 5.57. The van der Waals surface area contributed by atoms with Gasteiger partial charge in [-0.15, -0.1) is 10.2 Å². The maximum atomic E-state index is 13.8. The number of aliphatic carboxylic acids is 1. The summed E-state index contributed by atoms with van der Waals surface area (Å²) in [5, 5.41) is 41.8. The Morgan fingerprint density at radius 2 is 1.50 bits per heavy atom. The lowest BCUT2D eigenvalue weighted by Gasteiger charge is -2.36. The summed E-state index contributed by atoms with van der Waals surface area (Å²) in [6, 6.07) is 21.3. The number of benzene rings is 3. The standard InChI is InChI=1S/C41H49N9O5.C2HF3O2/c1-24-19-30(39(52)44-32-21-33-16-17-34(22-32)50(33)2)13-18-35(24)27-7-3-25(4-8-27)20-36(45-38(51)29-9-5-26(6-10-29)23-42-41(54)55)40(53)43-31-14-11-28(12-15-31)37-46-48-49-47-37;3-2(4,5)1(6)7/h3-4,7-8,11-15,18-19,26,29,32-34,36,42H,5-6,9-10,16-17,20-23H2,1-2H3,(H,43,53)(H,44,52)(H,45,51)(H,54,55)(H,46,47,48,49);(H,6,7)/t26?,29?,33-,34-,36+;/m1./s1. The number of carbonyl (C=O) groups is 5. The monoisotopic (exact) mass is 861 g/mol. The molecule has 3 aromatic carbocycles. The second kappa shape index (κ2) is 20.0. The third-order valence-electron chi connectivity index (χ3n) is 12.0. The van der Waals surface area contributed by atoms with Crippen molar-refractivity contribution in [3.8, 4) is 22.5 Å². The molecule has 1 saturated carbocycles. The summed E-state index contributed by atoms with van der Waals surface area (Å²) in [6.07, 6.45) is 1.26. The highest BCUT2D eigenvalue weighted by Crippen LogP contribution is 2.35. The van der Waals surface area contributed by atoms with Crippen LogP contribution in [0.4, 0.5) is 23.7 Å². The molecule has 4 amide bonds. The summed E-state index contributed by atoms with van der Waals surface area (Å²) in [4.78, 5) is 62.9. The van der Waals surface area contributed by atoms with Crippen LogP contribution in [0.1, 0.15) is 72.9 Å². The van der Waals surface area contributed by atoms with Crippen LogP contribution < -0.4 is 21.3 Å². The molecule has 3 fully saturated rings. The Labute approximate surface area is 355 Å². The van der Waals surface area contributed by atoms with E-state index in [9.17, 15) is 32.3 Å². The van der Waals surface area contributed by atoms with E-state index in [0.717, 1.165) is 53.5 Å². The smallest absolute Gasteiger partial charge is 0.475 e. The van der Waals surface area contributed by atoms with E-state index in [0.29, 0.717) is 48.5 Å². The molecule has 3 aliphatic rings. The molecule has 0 unspecified atom stereocenters. The number of aromatic amines is 1. The Kier molecular flexibility index (Phi) is 14.6. The quantitative estimate of drug-likeness (QED) is 0.0931. The summed E-state index contributed by atoms with van der Waals surface area (Å²) in [6.45, 7) is 2.38. The molecule has 7 rings (SSSR count). The van der Waals surface area contributed by atoms with Gasteiger partial charge in [0, 0.05) is 53.8 Å². The lowest BCUT2D eigenvalue weighted by Crippen LogP contribution is -2.48. The zero-order chi connectivity index (χ0) is 44.6. The number of piperidine rings is 1.